The van der Waals surface area contributed by atoms with Gasteiger partial charge in [-0.05, 0) is 37.0 Å². The van der Waals surface area contributed by atoms with Gasteiger partial charge in [-0.25, -0.2) is 0 Å². The van der Waals surface area contributed by atoms with Gasteiger partial charge in [0.1, 0.15) is 0 Å². The Balaban J connectivity index is 2.71. The van der Waals surface area contributed by atoms with Crippen molar-refractivity contribution in [2.24, 2.45) is 11.1 Å². The fraction of sp³-hybridized carbons (Fsp3) is 0.556. The molecule has 0 radical (unpaired) electrons. The lowest BCUT2D eigenvalue weighted by molar-refractivity contribution is -0.131. The van der Waals surface area contributed by atoms with Crippen LogP contribution in [0.3, 0.4) is 0 Å². The molecule has 1 aromatic rings. The van der Waals surface area contributed by atoms with Crippen LogP contribution in [-0.2, 0) is 11.3 Å². The molecule has 0 heterocycles. The van der Waals surface area contributed by atoms with Gasteiger partial charge in [0.25, 0.3) is 5.91 Å². The Labute approximate surface area is 139 Å². The van der Waals surface area contributed by atoms with E-state index in [4.69, 9.17) is 5.73 Å². The van der Waals surface area contributed by atoms with Gasteiger partial charge in [0, 0.05) is 25.2 Å². The smallest absolute Gasteiger partial charge is 0.251 e. The number of amides is 2. The molecule has 4 N–H and O–H groups in total. The molecule has 1 rings (SSSR count). The van der Waals surface area contributed by atoms with E-state index in [1.165, 1.54) is 0 Å². The summed E-state index contributed by atoms with van der Waals surface area (Å²) in [6, 6.07) is 7.32. The summed E-state index contributed by atoms with van der Waals surface area (Å²) in [5, 5.41) is 5.80. The summed E-state index contributed by atoms with van der Waals surface area (Å²) in [5.74, 6) is -0.107. The summed E-state index contributed by atoms with van der Waals surface area (Å²) in [6.07, 6.45) is 2.33. The Morgan fingerprint density at radius 1 is 1.13 bits per heavy atom. The Kier molecular flexibility index (Phi) is 7.75. The van der Waals surface area contributed by atoms with E-state index in [0.29, 0.717) is 38.0 Å². The van der Waals surface area contributed by atoms with E-state index in [-0.39, 0.29) is 11.8 Å². The van der Waals surface area contributed by atoms with Gasteiger partial charge >= 0.3 is 0 Å². The molecule has 0 aromatic heterocycles. The molecule has 2 amide bonds. The van der Waals surface area contributed by atoms with Gasteiger partial charge in [-0.1, -0.05) is 32.9 Å². The van der Waals surface area contributed by atoms with Crippen molar-refractivity contribution < 1.29 is 9.59 Å². The Bertz CT molecular complexity index is 516. The minimum absolute atomic E-state index is 0.0224. The number of carbonyl (C=O) groups is 2. The van der Waals surface area contributed by atoms with Crippen LogP contribution in [-0.4, -0.2) is 24.9 Å². The standard InChI is InChI=1S/C18H29N3O2/c1-4-10-20-16(22)15-9-7-8-14(11-15)12-21-17(23)18(5-2,6-3)13-19/h7-9,11H,4-6,10,12-13,19H2,1-3H3,(H,20,22)(H,21,23). The lowest BCUT2D eigenvalue weighted by Gasteiger charge is -2.28. The van der Waals surface area contributed by atoms with Crippen molar-refractivity contribution in [3.63, 3.8) is 0 Å². The second kappa shape index (κ2) is 9.30. The highest BCUT2D eigenvalue weighted by Gasteiger charge is 2.32. The predicted molar refractivity (Wildman–Crippen MR) is 93.0 cm³/mol. The molecule has 0 spiro atoms. The minimum atomic E-state index is -0.504. The largest absolute Gasteiger partial charge is 0.352 e. The topological polar surface area (TPSA) is 84.2 Å². The van der Waals surface area contributed by atoms with Crippen molar-refractivity contribution in [2.75, 3.05) is 13.1 Å². The zero-order valence-corrected chi connectivity index (χ0v) is 14.4. The van der Waals surface area contributed by atoms with Crippen LogP contribution in [0.2, 0.25) is 0 Å². The molecule has 0 saturated carbocycles. The quantitative estimate of drug-likeness (QED) is 0.652. The van der Waals surface area contributed by atoms with Crippen molar-refractivity contribution in [2.45, 2.75) is 46.6 Å². The summed E-state index contributed by atoms with van der Waals surface area (Å²) in [6.45, 7) is 7.37. The zero-order valence-electron chi connectivity index (χ0n) is 14.4. The number of hydrogen-bond donors (Lipinski definition) is 3. The van der Waals surface area contributed by atoms with Crippen LogP contribution < -0.4 is 16.4 Å². The molecular weight excluding hydrogens is 290 g/mol. The van der Waals surface area contributed by atoms with Crippen molar-refractivity contribution in [1.82, 2.24) is 10.6 Å². The fourth-order valence-electron chi connectivity index (χ4n) is 2.49. The van der Waals surface area contributed by atoms with E-state index in [1.807, 2.05) is 39.0 Å². The second-order valence-corrected chi connectivity index (χ2v) is 5.83. The van der Waals surface area contributed by atoms with Gasteiger partial charge in [-0.2, -0.15) is 0 Å². The molecule has 1 aromatic carbocycles. The molecular formula is C18H29N3O2. The molecule has 0 fully saturated rings. The van der Waals surface area contributed by atoms with E-state index in [2.05, 4.69) is 10.6 Å². The molecule has 0 bridgehead atoms. The maximum Gasteiger partial charge on any atom is 0.251 e. The number of nitrogens with one attached hydrogen (secondary N) is 2. The summed E-state index contributed by atoms with van der Waals surface area (Å²) in [5.41, 5.74) is 6.81. The van der Waals surface area contributed by atoms with E-state index >= 15 is 0 Å². The first-order valence-corrected chi connectivity index (χ1v) is 8.38. The third-order valence-corrected chi connectivity index (χ3v) is 4.40. The number of benzene rings is 1. The van der Waals surface area contributed by atoms with E-state index in [1.54, 1.807) is 6.07 Å². The Morgan fingerprint density at radius 2 is 1.83 bits per heavy atom. The third-order valence-electron chi connectivity index (χ3n) is 4.40. The van der Waals surface area contributed by atoms with Crippen molar-refractivity contribution in [3.8, 4) is 0 Å². The van der Waals surface area contributed by atoms with Crippen LogP contribution >= 0.6 is 0 Å². The molecule has 0 unspecified atom stereocenters. The molecule has 0 atom stereocenters. The monoisotopic (exact) mass is 319 g/mol. The Morgan fingerprint density at radius 3 is 2.39 bits per heavy atom. The average Bonchev–Trinajstić information content (AvgIpc) is 2.60. The summed E-state index contributed by atoms with van der Waals surface area (Å²) in [4.78, 5) is 24.4. The van der Waals surface area contributed by atoms with Crippen LogP contribution in [0.5, 0.6) is 0 Å². The minimum Gasteiger partial charge on any atom is -0.352 e. The summed E-state index contributed by atoms with van der Waals surface area (Å²) >= 11 is 0. The van der Waals surface area contributed by atoms with Gasteiger partial charge in [-0.3, -0.25) is 9.59 Å². The van der Waals surface area contributed by atoms with Crippen molar-refractivity contribution >= 4 is 11.8 Å². The van der Waals surface area contributed by atoms with E-state index in [9.17, 15) is 9.59 Å². The number of carbonyl (C=O) groups excluding carboxylic acids is 2. The lowest BCUT2D eigenvalue weighted by atomic mass is 9.81. The van der Waals surface area contributed by atoms with E-state index < -0.39 is 5.41 Å². The normalized spacial score (nSPS) is 11.1. The highest BCUT2D eigenvalue weighted by molar-refractivity contribution is 5.94. The molecule has 5 nitrogen and oxygen atoms in total. The summed E-state index contributed by atoms with van der Waals surface area (Å²) in [7, 11) is 0. The molecule has 0 saturated heterocycles. The highest BCUT2D eigenvalue weighted by atomic mass is 16.2. The average molecular weight is 319 g/mol. The van der Waals surface area contributed by atoms with Crippen molar-refractivity contribution in [1.29, 1.82) is 0 Å². The molecule has 5 heteroatoms. The van der Waals surface area contributed by atoms with Gasteiger partial charge in [0.05, 0.1) is 5.41 Å². The van der Waals surface area contributed by atoms with Crippen LogP contribution in [0.25, 0.3) is 0 Å². The molecule has 23 heavy (non-hydrogen) atoms. The summed E-state index contributed by atoms with van der Waals surface area (Å²) < 4.78 is 0. The lowest BCUT2D eigenvalue weighted by Crippen LogP contribution is -2.45. The molecule has 0 aliphatic carbocycles. The predicted octanol–water partition coefficient (Wildman–Crippen LogP) is 2.21. The maximum atomic E-state index is 12.4. The van der Waals surface area contributed by atoms with Gasteiger partial charge in [-0.15, -0.1) is 0 Å². The highest BCUT2D eigenvalue weighted by Crippen LogP contribution is 2.25. The van der Waals surface area contributed by atoms with Crippen LogP contribution in [0.1, 0.15) is 56.0 Å². The second-order valence-electron chi connectivity index (χ2n) is 5.83. The van der Waals surface area contributed by atoms with Gasteiger partial charge in [0.15, 0.2) is 0 Å². The molecule has 128 valence electrons. The zero-order chi connectivity index (χ0) is 17.3. The van der Waals surface area contributed by atoms with E-state index in [0.717, 1.165) is 12.0 Å². The first-order valence-electron chi connectivity index (χ1n) is 8.38. The Hall–Kier alpha value is -1.88. The number of hydrogen-bond acceptors (Lipinski definition) is 3. The van der Waals surface area contributed by atoms with Crippen molar-refractivity contribution in [3.05, 3.63) is 35.4 Å². The molecule has 0 aliphatic rings. The maximum absolute atomic E-state index is 12.4. The van der Waals surface area contributed by atoms with Gasteiger partial charge < -0.3 is 16.4 Å². The van der Waals surface area contributed by atoms with Crippen LogP contribution in [0.15, 0.2) is 24.3 Å². The first-order chi connectivity index (χ1) is 11.0. The number of rotatable bonds is 9. The number of nitrogens with two attached hydrogens (primary N) is 1. The fourth-order valence-corrected chi connectivity index (χ4v) is 2.49. The van der Waals surface area contributed by atoms with Gasteiger partial charge in [0.2, 0.25) is 5.91 Å². The first kappa shape index (κ1) is 19.2. The third kappa shape index (κ3) is 5.06. The van der Waals surface area contributed by atoms with Crippen LogP contribution in [0.4, 0.5) is 0 Å². The molecule has 0 aliphatic heterocycles. The SMILES string of the molecule is CCCNC(=O)c1cccc(CNC(=O)C(CC)(CC)CN)c1. The van der Waals surface area contributed by atoms with Crippen LogP contribution in [0, 0.1) is 5.41 Å².